The van der Waals surface area contributed by atoms with Crippen molar-refractivity contribution < 1.29 is 9.59 Å². The van der Waals surface area contributed by atoms with Gasteiger partial charge in [0, 0.05) is 28.3 Å². The van der Waals surface area contributed by atoms with Gasteiger partial charge in [0.1, 0.15) is 0 Å². The van der Waals surface area contributed by atoms with Gasteiger partial charge in [0.2, 0.25) is 0 Å². The van der Waals surface area contributed by atoms with E-state index < -0.39 is 0 Å². The monoisotopic (exact) mass is 343 g/mol. The molecule has 1 N–H and O–H groups in total. The van der Waals surface area contributed by atoms with Crippen LogP contribution in [0.4, 0.5) is 5.69 Å². The van der Waals surface area contributed by atoms with Crippen LogP contribution in [0.25, 0.3) is 0 Å². The van der Waals surface area contributed by atoms with Crippen LogP contribution in [-0.4, -0.2) is 23.2 Å². The number of thioether (sulfide) groups is 2. The van der Waals surface area contributed by atoms with E-state index in [2.05, 4.69) is 5.32 Å². The summed E-state index contributed by atoms with van der Waals surface area (Å²) in [5.74, 6) is 2.25. The van der Waals surface area contributed by atoms with Crippen LogP contribution in [0, 0.1) is 0 Å². The SMILES string of the molecule is CC(=O)c1ccc(NC(=O)c2ccc(C3SCCS3)cc2)cc1. The van der Waals surface area contributed by atoms with Gasteiger partial charge in [-0.3, -0.25) is 9.59 Å². The summed E-state index contributed by atoms with van der Waals surface area (Å²) in [5, 5.41) is 2.85. The Kier molecular flexibility index (Phi) is 5.08. The van der Waals surface area contributed by atoms with Crippen molar-refractivity contribution in [2.24, 2.45) is 0 Å². The number of hydrogen-bond acceptors (Lipinski definition) is 4. The van der Waals surface area contributed by atoms with Crippen LogP contribution in [-0.2, 0) is 0 Å². The van der Waals surface area contributed by atoms with Gasteiger partial charge in [0.15, 0.2) is 5.78 Å². The summed E-state index contributed by atoms with van der Waals surface area (Å²) in [5.41, 5.74) is 3.22. The summed E-state index contributed by atoms with van der Waals surface area (Å²) < 4.78 is 0.492. The molecule has 5 heteroatoms. The smallest absolute Gasteiger partial charge is 0.255 e. The molecule has 1 saturated heterocycles. The van der Waals surface area contributed by atoms with Crippen molar-refractivity contribution >= 4 is 40.9 Å². The van der Waals surface area contributed by atoms with E-state index in [0.29, 0.717) is 21.4 Å². The van der Waals surface area contributed by atoms with Gasteiger partial charge >= 0.3 is 0 Å². The molecule has 2 aromatic carbocycles. The molecule has 2 aromatic rings. The zero-order chi connectivity index (χ0) is 16.2. The maximum absolute atomic E-state index is 12.3. The topological polar surface area (TPSA) is 46.2 Å². The fourth-order valence-corrected chi connectivity index (χ4v) is 5.19. The standard InChI is InChI=1S/C18H17NO2S2/c1-12(20)13-6-8-16(9-7-13)19-17(21)14-2-4-15(5-3-14)18-22-10-11-23-18/h2-9,18H,10-11H2,1H3,(H,19,21). The molecule has 1 aliphatic rings. The van der Waals surface area contributed by atoms with Gasteiger partial charge in [-0.15, -0.1) is 23.5 Å². The third kappa shape index (κ3) is 3.98. The number of anilines is 1. The summed E-state index contributed by atoms with van der Waals surface area (Å²) in [4.78, 5) is 23.5. The lowest BCUT2D eigenvalue weighted by Gasteiger charge is -2.10. The van der Waals surface area contributed by atoms with E-state index in [4.69, 9.17) is 0 Å². The molecule has 0 aromatic heterocycles. The van der Waals surface area contributed by atoms with Crippen molar-refractivity contribution in [3.8, 4) is 0 Å². The molecule has 3 nitrogen and oxygen atoms in total. The molecule has 0 saturated carbocycles. The number of rotatable bonds is 4. The number of hydrogen-bond donors (Lipinski definition) is 1. The molecule has 0 aliphatic carbocycles. The molecular formula is C18H17NO2S2. The second-order valence-electron chi connectivity index (χ2n) is 5.28. The Morgan fingerprint density at radius 2 is 1.48 bits per heavy atom. The highest BCUT2D eigenvalue weighted by Gasteiger charge is 2.18. The number of nitrogens with one attached hydrogen (secondary N) is 1. The van der Waals surface area contributed by atoms with E-state index >= 15 is 0 Å². The minimum Gasteiger partial charge on any atom is -0.322 e. The van der Waals surface area contributed by atoms with Crippen molar-refractivity contribution in [2.45, 2.75) is 11.5 Å². The fraction of sp³-hybridized carbons (Fsp3) is 0.222. The third-order valence-electron chi connectivity index (χ3n) is 3.62. The predicted molar refractivity (Wildman–Crippen MR) is 98.5 cm³/mol. The first-order valence-electron chi connectivity index (χ1n) is 7.39. The van der Waals surface area contributed by atoms with Crippen LogP contribution >= 0.6 is 23.5 Å². The molecule has 0 radical (unpaired) electrons. The second-order valence-corrected chi connectivity index (χ2v) is 8.01. The molecular weight excluding hydrogens is 326 g/mol. The highest BCUT2D eigenvalue weighted by molar-refractivity contribution is 8.19. The molecule has 0 unspecified atom stereocenters. The third-order valence-corrected chi connectivity index (χ3v) is 6.72. The lowest BCUT2D eigenvalue weighted by molar-refractivity contribution is 0.101. The largest absolute Gasteiger partial charge is 0.322 e. The number of benzene rings is 2. The van der Waals surface area contributed by atoms with Crippen LogP contribution < -0.4 is 5.32 Å². The van der Waals surface area contributed by atoms with E-state index in [-0.39, 0.29) is 11.7 Å². The Bertz CT molecular complexity index is 705. The highest BCUT2D eigenvalue weighted by Crippen LogP contribution is 2.45. The second kappa shape index (κ2) is 7.23. The molecule has 1 amide bonds. The van der Waals surface area contributed by atoms with Gasteiger partial charge < -0.3 is 5.32 Å². The molecule has 23 heavy (non-hydrogen) atoms. The van der Waals surface area contributed by atoms with Crippen LogP contribution in [0.3, 0.4) is 0 Å². The van der Waals surface area contributed by atoms with Gasteiger partial charge in [-0.05, 0) is 48.9 Å². The summed E-state index contributed by atoms with van der Waals surface area (Å²) in [6.07, 6.45) is 0. The quantitative estimate of drug-likeness (QED) is 0.823. The van der Waals surface area contributed by atoms with Gasteiger partial charge in [0.05, 0.1) is 4.58 Å². The average Bonchev–Trinajstić information content (AvgIpc) is 3.10. The van der Waals surface area contributed by atoms with Crippen LogP contribution in [0.15, 0.2) is 48.5 Å². The lowest BCUT2D eigenvalue weighted by atomic mass is 10.1. The van der Waals surface area contributed by atoms with Crippen molar-refractivity contribution in [1.82, 2.24) is 0 Å². The first kappa shape index (κ1) is 16.1. The summed E-state index contributed by atoms with van der Waals surface area (Å²) in [7, 11) is 0. The molecule has 0 atom stereocenters. The van der Waals surface area contributed by atoms with Gasteiger partial charge in [-0.25, -0.2) is 0 Å². The number of carbonyl (C=O) groups excluding carboxylic acids is 2. The number of carbonyl (C=O) groups is 2. The Hall–Kier alpha value is -1.72. The average molecular weight is 343 g/mol. The lowest BCUT2D eigenvalue weighted by Crippen LogP contribution is -2.12. The number of Topliss-reactive ketones (excluding diaryl/α,β-unsaturated/α-hetero) is 1. The van der Waals surface area contributed by atoms with Crippen molar-refractivity contribution in [3.63, 3.8) is 0 Å². The number of amides is 1. The Balaban J connectivity index is 1.66. The van der Waals surface area contributed by atoms with Gasteiger partial charge in [0.25, 0.3) is 5.91 Å². The summed E-state index contributed by atoms with van der Waals surface area (Å²) >= 11 is 3.90. The van der Waals surface area contributed by atoms with E-state index in [1.165, 1.54) is 24.0 Å². The van der Waals surface area contributed by atoms with Crippen molar-refractivity contribution in [1.29, 1.82) is 0 Å². The molecule has 0 spiro atoms. The zero-order valence-electron chi connectivity index (χ0n) is 12.7. The van der Waals surface area contributed by atoms with E-state index in [0.717, 1.165) is 0 Å². The molecule has 1 fully saturated rings. The molecule has 118 valence electrons. The zero-order valence-corrected chi connectivity index (χ0v) is 14.4. The van der Waals surface area contributed by atoms with Crippen LogP contribution in [0.2, 0.25) is 0 Å². The van der Waals surface area contributed by atoms with E-state index in [9.17, 15) is 9.59 Å². The maximum Gasteiger partial charge on any atom is 0.255 e. The minimum atomic E-state index is -0.140. The molecule has 1 heterocycles. The van der Waals surface area contributed by atoms with Gasteiger partial charge in [-0.1, -0.05) is 12.1 Å². The molecule has 1 aliphatic heterocycles. The van der Waals surface area contributed by atoms with Crippen molar-refractivity contribution in [2.75, 3.05) is 16.8 Å². The maximum atomic E-state index is 12.3. The normalized spacial score (nSPS) is 14.7. The van der Waals surface area contributed by atoms with Gasteiger partial charge in [-0.2, -0.15) is 0 Å². The summed E-state index contributed by atoms with van der Waals surface area (Å²) in [6.45, 7) is 1.52. The predicted octanol–water partition coefficient (Wildman–Crippen LogP) is 4.62. The first-order valence-corrected chi connectivity index (χ1v) is 9.49. The fourth-order valence-electron chi connectivity index (χ4n) is 2.33. The van der Waals surface area contributed by atoms with E-state index in [1.807, 2.05) is 47.8 Å². The van der Waals surface area contributed by atoms with Crippen molar-refractivity contribution in [3.05, 3.63) is 65.2 Å². The molecule has 0 bridgehead atoms. The summed E-state index contributed by atoms with van der Waals surface area (Å²) in [6, 6.07) is 14.7. The minimum absolute atomic E-state index is 0.0149. The van der Waals surface area contributed by atoms with Crippen LogP contribution in [0.1, 0.15) is 37.8 Å². The van der Waals surface area contributed by atoms with E-state index in [1.54, 1.807) is 24.3 Å². The first-order chi connectivity index (χ1) is 11.1. The Morgan fingerprint density at radius 1 is 0.913 bits per heavy atom. The Morgan fingerprint density at radius 3 is 2.04 bits per heavy atom. The highest BCUT2D eigenvalue weighted by atomic mass is 32.2. The Labute approximate surface area is 144 Å². The van der Waals surface area contributed by atoms with Crippen LogP contribution in [0.5, 0.6) is 0 Å². The number of ketones is 1. The molecule has 3 rings (SSSR count).